The summed E-state index contributed by atoms with van der Waals surface area (Å²) in [7, 11) is 0. The van der Waals surface area contributed by atoms with Crippen molar-refractivity contribution in [1.82, 2.24) is 4.90 Å². The van der Waals surface area contributed by atoms with Gasteiger partial charge in [0, 0.05) is 17.8 Å². The molecule has 10 nitrogen and oxygen atoms in total. The molecule has 1 aromatic carbocycles. The van der Waals surface area contributed by atoms with Gasteiger partial charge in [-0.1, -0.05) is 18.9 Å². The fourth-order valence-electron chi connectivity index (χ4n) is 3.60. The molecule has 1 saturated heterocycles. The first-order valence-electron chi connectivity index (χ1n) is 8.92. The van der Waals surface area contributed by atoms with Crippen LogP contribution >= 0.6 is 0 Å². The molecule has 0 bridgehead atoms. The lowest BCUT2D eigenvalue weighted by Gasteiger charge is -2.19. The molecule has 1 aliphatic heterocycles. The van der Waals surface area contributed by atoms with Crippen LogP contribution in [0.25, 0.3) is 0 Å². The van der Waals surface area contributed by atoms with E-state index in [1.54, 1.807) is 0 Å². The van der Waals surface area contributed by atoms with Gasteiger partial charge in [0.15, 0.2) is 6.61 Å². The van der Waals surface area contributed by atoms with E-state index in [4.69, 9.17) is 4.74 Å². The monoisotopic (exact) mass is 389 g/mol. The van der Waals surface area contributed by atoms with Gasteiger partial charge in [-0.25, -0.2) is 0 Å². The lowest BCUT2D eigenvalue weighted by molar-refractivity contribution is -0.384. The van der Waals surface area contributed by atoms with Crippen LogP contribution in [-0.4, -0.2) is 46.7 Å². The van der Waals surface area contributed by atoms with E-state index in [2.05, 4.69) is 5.32 Å². The van der Waals surface area contributed by atoms with Gasteiger partial charge in [-0.3, -0.25) is 34.2 Å². The highest BCUT2D eigenvalue weighted by atomic mass is 16.6. The van der Waals surface area contributed by atoms with Gasteiger partial charge in [-0.05, 0) is 18.9 Å². The number of carbonyl (C=O) groups is 4. The quantitative estimate of drug-likeness (QED) is 0.335. The molecule has 1 aromatic rings. The molecule has 0 aromatic heterocycles. The number of esters is 1. The molecule has 0 radical (unpaired) electrons. The largest absolute Gasteiger partial charge is 0.454 e. The molecule has 1 saturated carbocycles. The third-order valence-electron chi connectivity index (χ3n) is 4.92. The first-order valence-corrected chi connectivity index (χ1v) is 8.92. The lowest BCUT2D eigenvalue weighted by atomic mass is 9.81. The van der Waals surface area contributed by atoms with Crippen LogP contribution in [0.4, 0.5) is 11.4 Å². The topological polar surface area (TPSA) is 136 Å². The Labute approximate surface area is 160 Å². The van der Waals surface area contributed by atoms with Crippen molar-refractivity contribution in [3.63, 3.8) is 0 Å². The zero-order valence-corrected chi connectivity index (χ0v) is 15.0. The maximum absolute atomic E-state index is 12.3. The van der Waals surface area contributed by atoms with Crippen molar-refractivity contribution >= 4 is 35.1 Å². The molecule has 28 heavy (non-hydrogen) atoms. The van der Waals surface area contributed by atoms with E-state index in [0.717, 1.165) is 17.7 Å². The molecule has 2 aliphatic rings. The number of ether oxygens (including phenoxy) is 1. The second kappa shape index (κ2) is 8.15. The van der Waals surface area contributed by atoms with E-state index in [1.165, 1.54) is 24.3 Å². The predicted molar refractivity (Wildman–Crippen MR) is 94.9 cm³/mol. The first-order chi connectivity index (χ1) is 13.4. The number of imide groups is 1. The number of hydrogen-bond acceptors (Lipinski definition) is 7. The van der Waals surface area contributed by atoms with Crippen LogP contribution in [0.15, 0.2) is 24.3 Å². The van der Waals surface area contributed by atoms with Crippen molar-refractivity contribution in [3.05, 3.63) is 34.4 Å². The van der Waals surface area contributed by atoms with Gasteiger partial charge in [-0.2, -0.15) is 0 Å². The van der Waals surface area contributed by atoms with Crippen molar-refractivity contribution in [2.75, 3.05) is 18.5 Å². The summed E-state index contributed by atoms with van der Waals surface area (Å²) >= 11 is 0. The maximum atomic E-state index is 12.3. The van der Waals surface area contributed by atoms with E-state index in [-0.39, 0.29) is 35.0 Å². The minimum Gasteiger partial charge on any atom is -0.454 e. The van der Waals surface area contributed by atoms with Gasteiger partial charge in [0.1, 0.15) is 6.54 Å². The molecule has 1 N–H and O–H groups in total. The second-order valence-corrected chi connectivity index (χ2v) is 6.78. The number of rotatable bonds is 6. The Kier molecular flexibility index (Phi) is 5.67. The summed E-state index contributed by atoms with van der Waals surface area (Å²) in [6.07, 6.45) is 3.06. The Bertz CT molecular complexity index is 814. The van der Waals surface area contributed by atoms with E-state index < -0.39 is 30.0 Å². The van der Waals surface area contributed by atoms with Gasteiger partial charge in [0.2, 0.25) is 11.8 Å². The molecular weight excluding hydrogens is 370 g/mol. The molecule has 0 spiro atoms. The third kappa shape index (κ3) is 4.16. The normalized spacial score (nSPS) is 21.2. The number of likely N-dealkylation sites (tertiary alicyclic amines) is 1. The Morgan fingerprint density at radius 3 is 2.43 bits per heavy atom. The summed E-state index contributed by atoms with van der Waals surface area (Å²) in [5.74, 6) is -2.98. The zero-order chi connectivity index (χ0) is 20.3. The number of benzene rings is 1. The molecular formula is C18H19N3O7. The molecule has 1 aliphatic carbocycles. The van der Waals surface area contributed by atoms with Crippen molar-refractivity contribution < 1.29 is 28.8 Å². The van der Waals surface area contributed by atoms with Crippen LogP contribution < -0.4 is 5.32 Å². The van der Waals surface area contributed by atoms with Crippen molar-refractivity contribution in [3.8, 4) is 0 Å². The second-order valence-electron chi connectivity index (χ2n) is 6.78. The van der Waals surface area contributed by atoms with Crippen molar-refractivity contribution in [2.24, 2.45) is 11.8 Å². The van der Waals surface area contributed by atoms with E-state index >= 15 is 0 Å². The SMILES string of the molecule is O=C(COC(=O)CN1C(=O)[C@@H]2CCCC[C@H]2C1=O)Nc1cccc([N+](=O)[O-])c1. The fourth-order valence-corrected chi connectivity index (χ4v) is 3.60. The number of nitro groups is 1. The number of fused-ring (bicyclic) bond motifs is 1. The number of anilines is 1. The molecule has 2 fully saturated rings. The highest BCUT2D eigenvalue weighted by molar-refractivity contribution is 6.07. The minimum absolute atomic E-state index is 0.184. The summed E-state index contributed by atoms with van der Waals surface area (Å²) in [5, 5.41) is 13.1. The summed E-state index contributed by atoms with van der Waals surface area (Å²) < 4.78 is 4.83. The van der Waals surface area contributed by atoms with Gasteiger partial charge in [0.25, 0.3) is 11.6 Å². The van der Waals surface area contributed by atoms with E-state index in [1.807, 2.05) is 0 Å². The molecule has 2 atom stereocenters. The van der Waals surface area contributed by atoms with Gasteiger partial charge in [-0.15, -0.1) is 0 Å². The molecule has 3 amide bonds. The number of nitrogens with one attached hydrogen (secondary N) is 1. The minimum atomic E-state index is -0.866. The van der Waals surface area contributed by atoms with E-state index in [0.29, 0.717) is 12.8 Å². The van der Waals surface area contributed by atoms with Crippen molar-refractivity contribution in [1.29, 1.82) is 0 Å². The highest BCUT2D eigenvalue weighted by Gasteiger charge is 2.48. The van der Waals surface area contributed by atoms with E-state index in [9.17, 15) is 29.3 Å². The van der Waals surface area contributed by atoms with Crippen LogP contribution in [-0.2, 0) is 23.9 Å². The fraction of sp³-hybridized carbons (Fsp3) is 0.444. The van der Waals surface area contributed by atoms with Crippen LogP contribution in [0, 0.1) is 22.0 Å². The summed E-state index contributed by atoms with van der Waals surface area (Å²) in [4.78, 5) is 59.5. The number of nitrogens with zero attached hydrogens (tertiary/aromatic N) is 2. The maximum Gasteiger partial charge on any atom is 0.326 e. The predicted octanol–water partition coefficient (Wildman–Crippen LogP) is 1.25. The van der Waals surface area contributed by atoms with Crippen LogP contribution in [0.5, 0.6) is 0 Å². The highest BCUT2D eigenvalue weighted by Crippen LogP contribution is 2.37. The molecule has 0 unspecified atom stereocenters. The Balaban J connectivity index is 1.49. The smallest absolute Gasteiger partial charge is 0.326 e. The van der Waals surface area contributed by atoms with Crippen LogP contribution in [0.3, 0.4) is 0 Å². The Hall–Kier alpha value is -3.30. The standard InChI is InChI=1S/C18H19N3O7/c22-15(19-11-4-3-5-12(8-11)21(26)27)10-28-16(23)9-20-17(24)13-6-1-2-7-14(13)18(20)25/h3-5,8,13-14H,1-2,6-7,9-10H2,(H,19,22)/t13-,14-/m1/s1. The lowest BCUT2D eigenvalue weighted by Crippen LogP contribution is -2.37. The number of amides is 3. The molecule has 148 valence electrons. The molecule has 10 heteroatoms. The summed E-state index contributed by atoms with van der Waals surface area (Å²) in [6.45, 7) is -1.15. The van der Waals surface area contributed by atoms with Gasteiger partial charge in [0.05, 0.1) is 16.8 Å². The van der Waals surface area contributed by atoms with Gasteiger partial charge < -0.3 is 10.1 Å². The summed E-state index contributed by atoms with van der Waals surface area (Å²) in [6, 6.07) is 5.31. The summed E-state index contributed by atoms with van der Waals surface area (Å²) in [5.41, 5.74) is -0.00783. The van der Waals surface area contributed by atoms with Crippen molar-refractivity contribution in [2.45, 2.75) is 25.7 Å². The number of hydrogen-bond donors (Lipinski definition) is 1. The average Bonchev–Trinajstić information content (AvgIpc) is 2.92. The number of nitro benzene ring substituents is 1. The zero-order valence-electron chi connectivity index (χ0n) is 15.0. The number of carbonyl (C=O) groups excluding carboxylic acids is 4. The number of non-ortho nitro benzene ring substituents is 1. The molecule has 3 rings (SSSR count). The molecule has 1 heterocycles. The Morgan fingerprint density at radius 2 is 1.82 bits per heavy atom. The third-order valence-corrected chi connectivity index (χ3v) is 4.92. The van der Waals surface area contributed by atoms with Gasteiger partial charge >= 0.3 is 5.97 Å². The Morgan fingerprint density at radius 1 is 1.18 bits per heavy atom. The average molecular weight is 389 g/mol. The van der Waals surface area contributed by atoms with Crippen LogP contribution in [0.2, 0.25) is 0 Å². The van der Waals surface area contributed by atoms with Crippen LogP contribution in [0.1, 0.15) is 25.7 Å². The first kappa shape index (κ1) is 19.5.